The van der Waals surface area contributed by atoms with Crippen molar-refractivity contribution in [3.63, 3.8) is 0 Å². The molecule has 0 bridgehead atoms. The molecule has 2 heteroatoms. The highest BCUT2D eigenvalue weighted by atomic mass is 35.5. The molecule has 2 saturated carbocycles. The molecule has 4 aromatic rings. The number of hydrogen-bond donors (Lipinski definition) is 0. The number of hydrogen-bond acceptors (Lipinski definition) is 0. The Morgan fingerprint density at radius 1 is 0.473 bits per heavy atom. The molecule has 0 heterocycles. The minimum atomic E-state index is 0.522. The van der Waals surface area contributed by atoms with Crippen LogP contribution in [0.5, 0.6) is 0 Å². The molecule has 0 nitrogen and oxygen atoms in total. The third-order valence-electron chi connectivity index (χ3n) is 11.9. The molecule has 55 heavy (non-hydrogen) atoms. The molecule has 0 N–H and O–H groups in total. The predicted molar refractivity (Wildman–Crippen MR) is 240 cm³/mol. The minimum Gasteiger partial charge on any atom is -0.0945 e. The summed E-state index contributed by atoms with van der Waals surface area (Å²) in [6.45, 7) is 8.88. The Morgan fingerprint density at radius 2 is 0.891 bits per heavy atom. The molecule has 2 fully saturated rings. The summed E-state index contributed by atoms with van der Waals surface area (Å²) in [5, 5.41) is 1.74. The van der Waals surface area contributed by atoms with Crippen molar-refractivity contribution >= 4 is 23.2 Å². The zero-order valence-electron chi connectivity index (χ0n) is 34.2. The van der Waals surface area contributed by atoms with Gasteiger partial charge in [0, 0.05) is 33.0 Å². The summed E-state index contributed by atoms with van der Waals surface area (Å²) < 4.78 is 0. The molecule has 0 amide bonds. The quantitative estimate of drug-likeness (QED) is 0.133. The zero-order valence-corrected chi connectivity index (χ0v) is 35.7. The molecule has 0 aliphatic heterocycles. The lowest BCUT2D eigenvalue weighted by Crippen LogP contribution is -2.12. The maximum absolute atomic E-state index is 6.44. The molecule has 6 rings (SSSR count). The first-order valence-electron chi connectivity index (χ1n) is 21.7. The molecule has 2 aliphatic carbocycles. The molecule has 0 spiro atoms. The second kappa shape index (κ2) is 23.0. The van der Waals surface area contributed by atoms with Crippen molar-refractivity contribution in [2.45, 2.75) is 149 Å². The molecule has 2 aliphatic rings. The lowest BCUT2D eigenvalue weighted by Gasteiger charge is -2.26. The highest BCUT2D eigenvalue weighted by Gasteiger charge is 2.22. The first-order chi connectivity index (χ1) is 26.9. The second-order valence-corrected chi connectivity index (χ2v) is 16.9. The van der Waals surface area contributed by atoms with Crippen LogP contribution in [0.3, 0.4) is 0 Å². The van der Waals surface area contributed by atoms with E-state index < -0.39 is 0 Å². The smallest absolute Gasteiger partial charge is 0.0450 e. The minimum absolute atomic E-state index is 0.522. The Hall–Kier alpha value is -3.42. The van der Waals surface area contributed by atoms with E-state index in [1.165, 1.54) is 123 Å². The largest absolute Gasteiger partial charge is 0.0945 e. The summed E-state index contributed by atoms with van der Waals surface area (Å²) in [6, 6.07) is 31.2. The molecule has 290 valence electrons. The highest BCUT2D eigenvalue weighted by Crippen LogP contribution is 2.37. The lowest BCUT2D eigenvalue weighted by molar-refractivity contribution is 0.384. The lowest BCUT2D eigenvalue weighted by atomic mass is 9.78. The van der Waals surface area contributed by atoms with Crippen molar-refractivity contribution in [1.29, 1.82) is 0 Å². The Kier molecular flexibility index (Phi) is 17.8. The van der Waals surface area contributed by atoms with Crippen LogP contribution >= 0.6 is 23.2 Å². The van der Waals surface area contributed by atoms with Crippen LogP contribution in [0.15, 0.2) is 84.9 Å². The number of benzene rings is 4. The summed E-state index contributed by atoms with van der Waals surface area (Å²) in [7, 11) is 0. The first-order valence-corrected chi connectivity index (χ1v) is 22.4. The summed E-state index contributed by atoms with van der Waals surface area (Å²) in [4.78, 5) is 0. The van der Waals surface area contributed by atoms with Gasteiger partial charge in [0.25, 0.3) is 0 Å². The summed E-state index contributed by atoms with van der Waals surface area (Å²) in [5.41, 5.74) is 10.5. The first kappa shape index (κ1) is 42.7. The number of aryl methyl sites for hydroxylation is 4. The summed E-state index contributed by atoms with van der Waals surface area (Å²) in [6.07, 6.45) is 20.2. The van der Waals surface area contributed by atoms with Crippen molar-refractivity contribution in [3.05, 3.63) is 139 Å². The summed E-state index contributed by atoms with van der Waals surface area (Å²) >= 11 is 12.9. The maximum atomic E-state index is 6.44. The number of rotatable bonds is 11. The third-order valence-corrected chi connectivity index (χ3v) is 12.6. The van der Waals surface area contributed by atoms with Gasteiger partial charge in [-0.15, -0.1) is 0 Å². The fourth-order valence-electron chi connectivity index (χ4n) is 8.17. The van der Waals surface area contributed by atoms with E-state index >= 15 is 0 Å². The Morgan fingerprint density at radius 3 is 1.25 bits per heavy atom. The fourth-order valence-corrected chi connectivity index (χ4v) is 8.72. The topological polar surface area (TPSA) is 0 Å². The predicted octanol–water partition coefficient (Wildman–Crippen LogP) is 15.5. The van der Waals surface area contributed by atoms with Crippen molar-refractivity contribution in [2.75, 3.05) is 0 Å². The van der Waals surface area contributed by atoms with Crippen LogP contribution < -0.4 is 0 Å². The van der Waals surface area contributed by atoms with E-state index in [4.69, 9.17) is 23.2 Å². The van der Waals surface area contributed by atoms with Crippen LogP contribution in [-0.2, 0) is 25.7 Å². The van der Waals surface area contributed by atoms with E-state index in [9.17, 15) is 0 Å². The molecule has 0 atom stereocenters. The van der Waals surface area contributed by atoms with Crippen LogP contribution in [0.2, 0.25) is 10.0 Å². The van der Waals surface area contributed by atoms with Gasteiger partial charge in [-0.1, -0.05) is 155 Å². The average Bonchev–Trinajstić information content (AvgIpc) is 3.22. The van der Waals surface area contributed by atoms with E-state index in [1.54, 1.807) is 0 Å². The number of halogens is 2. The van der Waals surface area contributed by atoms with Crippen molar-refractivity contribution < 1.29 is 0 Å². The van der Waals surface area contributed by atoms with E-state index in [0.717, 1.165) is 40.4 Å². The van der Waals surface area contributed by atoms with Crippen molar-refractivity contribution in [1.82, 2.24) is 0 Å². The van der Waals surface area contributed by atoms with Crippen LogP contribution in [0.1, 0.15) is 168 Å². The maximum Gasteiger partial charge on any atom is 0.0450 e. The average molecular weight is 772 g/mol. The molecule has 0 aromatic heterocycles. The molecule has 0 saturated heterocycles. The van der Waals surface area contributed by atoms with E-state index in [0.29, 0.717) is 23.7 Å². The molecule has 4 aromatic carbocycles. The van der Waals surface area contributed by atoms with Gasteiger partial charge in [-0.3, -0.25) is 0 Å². The zero-order chi connectivity index (χ0) is 38.8. The van der Waals surface area contributed by atoms with Crippen molar-refractivity contribution in [2.24, 2.45) is 11.8 Å². The highest BCUT2D eigenvalue weighted by molar-refractivity contribution is 6.31. The van der Waals surface area contributed by atoms with Gasteiger partial charge in [0.2, 0.25) is 0 Å². The standard InChI is InChI=1S/C27H33Cl.C26H31Cl/c1-3-5-7-26-19-14-23(20-27(26)28)9-8-22-12-17-25(18-13-22)24-15-10-21(6-4-2)11-16-24;1-3-5-6-25-18-13-22(19-26(25)27)8-7-21-11-16-24(17-12-21)23-14-9-20(4-2)10-15-23/h10-11,14-16,19-20,22,25H,3-7,12-13,17-18H2,1-2H3;9-10,13-15,18-19,21,24H,3-6,11-12,16-17H2,1-2H3/t22-,25-;21-,24-. The van der Waals surface area contributed by atoms with Gasteiger partial charge in [0.1, 0.15) is 0 Å². The van der Waals surface area contributed by atoms with Crippen LogP contribution in [0.4, 0.5) is 0 Å². The van der Waals surface area contributed by atoms with Gasteiger partial charge in [-0.05, 0) is 159 Å². The number of unbranched alkanes of at least 4 members (excludes halogenated alkanes) is 2. The summed E-state index contributed by atoms with van der Waals surface area (Å²) in [5.74, 6) is 16.2. The fraction of sp³-hybridized carbons (Fsp3) is 0.472. The van der Waals surface area contributed by atoms with Gasteiger partial charge in [0.05, 0.1) is 0 Å². The molecule has 0 radical (unpaired) electrons. The Labute approximate surface area is 345 Å². The van der Waals surface area contributed by atoms with Gasteiger partial charge >= 0.3 is 0 Å². The third kappa shape index (κ3) is 13.6. The Bertz CT molecular complexity index is 1860. The second-order valence-electron chi connectivity index (χ2n) is 16.0. The molecule has 0 unspecified atom stereocenters. The van der Waals surface area contributed by atoms with Crippen LogP contribution in [0, 0.1) is 35.5 Å². The van der Waals surface area contributed by atoms with E-state index in [2.05, 4.69) is 124 Å². The Balaban J connectivity index is 0.000000211. The SMILES string of the molecule is CCCCc1ccc(C#C[C@H]2CC[C@H](c3ccc(CC)cc3)CC2)cc1Cl.CCCCc1ccc(C#C[C@H]2CC[C@H](c3ccc(CCC)cc3)CC2)cc1Cl. The van der Waals surface area contributed by atoms with Gasteiger partial charge in [-0.2, -0.15) is 0 Å². The van der Waals surface area contributed by atoms with Crippen LogP contribution in [0.25, 0.3) is 0 Å². The van der Waals surface area contributed by atoms with Crippen molar-refractivity contribution in [3.8, 4) is 23.7 Å². The van der Waals surface area contributed by atoms with Gasteiger partial charge in [-0.25, -0.2) is 0 Å². The monoisotopic (exact) mass is 770 g/mol. The van der Waals surface area contributed by atoms with Gasteiger partial charge < -0.3 is 0 Å². The van der Waals surface area contributed by atoms with E-state index in [-0.39, 0.29) is 0 Å². The van der Waals surface area contributed by atoms with Gasteiger partial charge in [0.15, 0.2) is 0 Å². The van der Waals surface area contributed by atoms with Crippen LogP contribution in [-0.4, -0.2) is 0 Å². The molecular formula is C53H64Cl2. The molecular weight excluding hydrogens is 707 g/mol. The van der Waals surface area contributed by atoms with E-state index in [1.807, 2.05) is 12.1 Å². The normalized spacial score (nSPS) is 19.2.